The first kappa shape index (κ1) is 17.8. The van der Waals surface area contributed by atoms with E-state index in [1.807, 2.05) is 0 Å². The van der Waals surface area contributed by atoms with Crippen LogP contribution in [0.2, 0.25) is 0 Å². The van der Waals surface area contributed by atoms with Crippen molar-refractivity contribution in [2.24, 2.45) is 0 Å². The molecule has 1 fully saturated rings. The summed E-state index contributed by atoms with van der Waals surface area (Å²) in [6, 6.07) is 5.34. The van der Waals surface area contributed by atoms with Crippen LogP contribution < -0.4 is 9.64 Å². The molecule has 27 heavy (non-hydrogen) atoms. The fourth-order valence-electron chi connectivity index (χ4n) is 3.00. The van der Waals surface area contributed by atoms with Gasteiger partial charge in [-0.15, -0.1) is 0 Å². The maximum atomic E-state index is 13.1. The highest BCUT2D eigenvalue weighted by Crippen LogP contribution is 2.37. The summed E-state index contributed by atoms with van der Waals surface area (Å²) in [5.41, 5.74) is -0.733. The number of oxazole rings is 1. The Bertz CT molecular complexity index is 887. The SMILES string of the molecule is FC(F)(F)c1ccccc1OC1CCN(c2ncc(-c3ncco3)s2)CC1. The van der Waals surface area contributed by atoms with E-state index in [0.717, 1.165) is 16.1 Å². The minimum atomic E-state index is -4.42. The van der Waals surface area contributed by atoms with Crippen molar-refractivity contribution in [3.05, 3.63) is 48.5 Å². The summed E-state index contributed by atoms with van der Waals surface area (Å²) < 4.78 is 50.2. The molecule has 0 spiro atoms. The predicted octanol–water partition coefficient (Wildman–Crippen LogP) is 4.86. The van der Waals surface area contributed by atoms with Gasteiger partial charge in [0.05, 0.1) is 18.0 Å². The Morgan fingerprint density at radius 1 is 1.15 bits per heavy atom. The highest BCUT2D eigenvalue weighted by molar-refractivity contribution is 7.18. The first-order valence-corrected chi connectivity index (χ1v) is 9.26. The molecule has 0 saturated carbocycles. The van der Waals surface area contributed by atoms with Gasteiger partial charge in [-0.1, -0.05) is 23.5 Å². The lowest BCUT2D eigenvalue weighted by atomic mass is 10.1. The summed E-state index contributed by atoms with van der Waals surface area (Å²) in [5.74, 6) is 0.421. The number of aromatic nitrogens is 2. The van der Waals surface area contributed by atoms with E-state index in [9.17, 15) is 13.2 Å². The zero-order valence-corrected chi connectivity index (χ0v) is 15.0. The van der Waals surface area contributed by atoms with Gasteiger partial charge in [0.25, 0.3) is 0 Å². The third-order valence-electron chi connectivity index (χ3n) is 4.34. The fraction of sp³-hybridized carbons (Fsp3) is 0.333. The molecule has 5 nitrogen and oxygen atoms in total. The molecule has 142 valence electrons. The third kappa shape index (κ3) is 3.92. The molecular formula is C18H16F3N3O2S. The second-order valence-electron chi connectivity index (χ2n) is 6.14. The largest absolute Gasteiger partial charge is 0.490 e. The molecule has 9 heteroatoms. The lowest BCUT2D eigenvalue weighted by Crippen LogP contribution is -2.38. The molecule has 0 radical (unpaired) electrons. The third-order valence-corrected chi connectivity index (χ3v) is 5.38. The van der Waals surface area contributed by atoms with Gasteiger partial charge in [-0.25, -0.2) is 9.97 Å². The molecule has 3 heterocycles. The number of thiazole rings is 1. The summed E-state index contributed by atoms with van der Waals surface area (Å²) in [6.07, 6.45) is 1.38. The summed E-state index contributed by atoms with van der Waals surface area (Å²) >= 11 is 1.48. The summed E-state index contributed by atoms with van der Waals surface area (Å²) in [7, 11) is 0. The molecule has 0 atom stereocenters. The molecule has 1 aromatic carbocycles. The van der Waals surface area contributed by atoms with Crippen molar-refractivity contribution < 1.29 is 22.3 Å². The zero-order valence-electron chi connectivity index (χ0n) is 14.1. The standard InChI is InChI=1S/C18H16F3N3O2S/c19-18(20,21)13-3-1-2-4-14(13)26-12-5-8-24(9-6-12)17-23-11-15(27-17)16-22-7-10-25-16/h1-4,7,10-12H,5-6,8-9H2. The Hall–Kier alpha value is -2.55. The number of halogens is 3. The maximum absolute atomic E-state index is 13.1. The molecule has 1 aliphatic rings. The second kappa shape index (κ2) is 7.22. The normalized spacial score (nSPS) is 15.9. The Balaban J connectivity index is 1.39. The number of benzene rings is 1. The predicted molar refractivity (Wildman–Crippen MR) is 94.9 cm³/mol. The van der Waals surface area contributed by atoms with E-state index >= 15 is 0 Å². The average molecular weight is 395 g/mol. The van der Waals surface area contributed by atoms with Gasteiger partial charge >= 0.3 is 6.18 Å². The van der Waals surface area contributed by atoms with Crippen molar-refractivity contribution in [1.82, 2.24) is 9.97 Å². The van der Waals surface area contributed by atoms with E-state index in [4.69, 9.17) is 9.15 Å². The van der Waals surface area contributed by atoms with Gasteiger partial charge in [0.15, 0.2) is 5.13 Å². The number of para-hydroxylation sites is 1. The topological polar surface area (TPSA) is 51.4 Å². The number of piperidine rings is 1. The smallest absolute Gasteiger partial charge is 0.419 e. The van der Waals surface area contributed by atoms with Crippen molar-refractivity contribution in [2.45, 2.75) is 25.1 Å². The van der Waals surface area contributed by atoms with Crippen molar-refractivity contribution in [2.75, 3.05) is 18.0 Å². The number of hydrogen-bond donors (Lipinski definition) is 0. The summed E-state index contributed by atoms with van der Waals surface area (Å²) in [6.45, 7) is 1.33. The highest BCUT2D eigenvalue weighted by Gasteiger charge is 2.35. The van der Waals surface area contributed by atoms with Crippen molar-refractivity contribution in [3.63, 3.8) is 0 Å². The molecule has 0 amide bonds. The van der Waals surface area contributed by atoms with Crippen LogP contribution in [0, 0.1) is 0 Å². The minimum Gasteiger partial charge on any atom is -0.490 e. The van der Waals surface area contributed by atoms with E-state index in [-0.39, 0.29) is 11.9 Å². The molecule has 1 aliphatic heterocycles. The van der Waals surface area contributed by atoms with E-state index < -0.39 is 11.7 Å². The lowest BCUT2D eigenvalue weighted by Gasteiger charge is -2.32. The van der Waals surface area contributed by atoms with Crippen molar-refractivity contribution in [1.29, 1.82) is 0 Å². The molecule has 1 saturated heterocycles. The number of nitrogens with zero attached hydrogens (tertiary/aromatic N) is 3. The Morgan fingerprint density at radius 2 is 1.93 bits per heavy atom. The van der Waals surface area contributed by atoms with Crippen LogP contribution in [0.15, 0.2) is 47.3 Å². The molecule has 0 aliphatic carbocycles. The maximum Gasteiger partial charge on any atom is 0.419 e. The van der Waals surface area contributed by atoms with Crippen LogP contribution in [0.4, 0.5) is 18.3 Å². The second-order valence-corrected chi connectivity index (χ2v) is 7.15. The van der Waals surface area contributed by atoms with Crippen LogP contribution in [0.1, 0.15) is 18.4 Å². The van der Waals surface area contributed by atoms with Crippen LogP contribution in [0.25, 0.3) is 10.8 Å². The summed E-state index contributed by atoms with van der Waals surface area (Å²) in [5, 5.41) is 0.845. The number of rotatable bonds is 4. The van der Waals surface area contributed by atoms with Crippen molar-refractivity contribution in [3.8, 4) is 16.5 Å². The van der Waals surface area contributed by atoms with Gasteiger partial charge in [-0.05, 0) is 12.1 Å². The van der Waals surface area contributed by atoms with E-state index in [1.165, 1.54) is 29.7 Å². The first-order valence-electron chi connectivity index (χ1n) is 8.44. The Labute approximate surface area is 157 Å². The number of ether oxygens (including phenoxy) is 1. The van der Waals surface area contributed by atoms with Gasteiger partial charge in [-0.3, -0.25) is 0 Å². The molecule has 4 rings (SSSR count). The van der Waals surface area contributed by atoms with Crippen LogP contribution in [-0.4, -0.2) is 29.2 Å². The minimum absolute atomic E-state index is 0.108. The van der Waals surface area contributed by atoms with Gasteiger partial charge < -0.3 is 14.1 Å². The molecular weight excluding hydrogens is 379 g/mol. The van der Waals surface area contributed by atoms with E-state index in [1.54, 1.807) is 18.5 Å². The van der Waals surface area contributed by atoms with Crippen LogP contribution >= 0.6 is 11.3 Å². The van der Waals surface area contributed by atoms with Crippen LogP contribution in [0.3, 0.4) is 0 Å². The Kier molecular flexibility index (Phi) is 4.77. The molecule has 3 aromatic rings. The quantitative estimate of drug-likeness (QED) is 0.631. The average Bonchev–Trinajstić information content (AvgIpc) is 3.34. The lowest BCUT2D eigenvalue weighted by molar-refractivity contribution is -0.139. The number of hydrogen-bond acceptors (Lipinski definition) is 6. The van der Waals surface area contributed by atoms with Gasteiger partial charge in [0.1, 0.15) is 23.0 Å². The monoisotopic (exact) mass is 395 g/mol. The summed E-state index contributed by atoms with van der Waals surface area (Å²) in [4.78, 5) is 11.5. The van der Waals surface area contributed by atoms with E-state index in [0.29, 0.717) is 31.8 Å². The van der Waals surface area contributed by atoms with E-state index in [2.05, 4.69) is 14.9 Å². The highest BCUT2D eigenvalue weighted by atomic mass is 32.1. The van der Waals surface area contributed by atoms with Crippen LogP contribution in [0.5, 0.6) is 5.75 Å². The Morgan fingerprint density at radius 3 is 2.63 bits per heavy atom. The first-order chi connectivity index (χ1) is 13.0. The van der Waals surface area contributed by atoms with Gasteiger partial charge in [0.2, 0.25) is 5.89 Å². The van der Waals surface area contributed by atoms with Crippen molar-refractivity contribution >= 4 is 16.5 Å². The molecule has 0 N–H and O–H groups in total. The van der Waals surface area contributed by atoms with Gasteiger partial charge in [0, 0.05) is 25.9 Å². The fourth-order valence-corrected chi connectivity index (χ4v) is 3.91. The molecule has 2 aromatic heterocycles. The zero-order chi connectivity index (χ0) is 18.9. The number of anilines is 1. The van der Waals surface area contributed by atoms with Crippen LogP contribution in [-0.2, 0) is 6.18 Å². The number of alkyl halides is 3. The molecule has 0 unspecified atom stereocenters. The van der Waals surface area contributed by atoms with Gasteiger partial charge in [-0.2, -0.15) is 13.2 Å². The molecule has 0 bridgehead atoms.